The Morgan fingerprint density at radius 3 is 2.67 bits per heavy atom. The van der Waals surface area contributed by atoms with Crippen LogP contribution in [-0.4, -0.2) is 30.1 Å². The highest BCUT2D eigenvalue weighted by atomic mass is 32.1. The summed E-state index contributed by atoms with van der Waals surface area (Å²) in [5, 5.41) is 5.95. The molecule has 1 atom stereocenters. The summed E-state index contributed by atoms with van der Waals surface area (Å²) >= 11 is 1.89. The molecule has 1 aromatic rings. The fourth-order valence-corrected chi connectivity index (χ4v) is 3.62. The molecule has 1 N–H and O–H groups in total. The lowest BCUT2D eigenvalue weighted by Crippen LogP contribution is -2.43. The van der Waals surface area contributed by atoms with E-state index in [0.29, 0.717) is 11.5 Å². The van der Waals surface area contributed by atoms with Crippen LogP contribution in [0.4, 0.5) is 0 Å². The fraction of sp³-hybridized carbons (Fsp3) is 0.778. The van der Waals surface area contributed by atoms with Gasteiger partial charge >= 0.3 is 0 Å². The van der Waals surface area contributed by atoms with Gasteiger partial charge in [0.1, 0.15) is 0 Å². The van der Waals surface area contributed by atoms with Crippen molar-refractivity contribution in [2.75, 3.05) is 13.1 Å². The Bertz CT molecular complexity index is 390. The first-order valence-corrected chi connectivity index (χ1v) is 9.38. The highest BCUT2D eigenvalue weighted by Gasteiger charge is 2.31. The fourth-order valence-electron chi connectivity index (χ4n) is 2.89. The van der Waals surface area contributed by atoms with Crippen molar-refractivity contribution in [2.24, 2.45) is 5.41 Å². The van der Waals surface area contributed by atoms with Crippen molar-refractivity contribution < 1.29 is 0 Å². The van der Waals surface area contributed by atoms with Crippen LogP contribution < -0.4 is 5.32 Å². The van der Waals surface area contributed by atoms with E-state index < -0.39 is 0 Å². The predicted molar refractivity (Wildman–Crippen MR) is 93.9 cm³/mol. The van der Waals surface area contributed by atoms with E-state index in [1.807, 2.05) is 11.3 Å². The molecular formula is C18H32N2S. The van der Waals surface area contributed by atoms with Crippen LogP contribution in [0.25, 0.3) is 0 Å². The van der Waals surface area contributed by atoms with Crippen LogP contribution in [0, 0.1) is 5.41 Å². The number of nitrogens with one attached hydrogen (secondary N) is 1. The van der Waals surface area contributed by atoms with E-state index in [1.54, 1.807) is 0 Å². The molecule has 1 fully saturated rings. The van der Waals surface area contributed by atoms with Gasteiger partial charge in [-0.2, -0.15) is 0 Å². The maximum Gasteiger partial charge on any atom is 0.0330 e. The van der Waals surface area contributed by atoms with Gasteiger partial charge in [-0.1, -0.05) is 33.8 Å². The van der Waals surface area contributed by atoms with Crippen LogP contribution in [0.15, 0.2) is 17.5 Å². The van der Waals surface area contributed by atoms with Gasteiger partial charge in [-0.05, 0) is 49.1 Å². The first kappa shape index (κ1) is 17.0. The molecule has 0 radical (unpaired) electrons. The van der Waals surface area contributed by atoms with Crippen LogP contribution in [0.5, 0.6) is 0 Å². The van der Waals surface area contributed by atoms with Gasteiger partial charge in [-0.3, -0.25) is 4.90 Å². The summed E-state index contributed by atoms with van der Waals surface area (Å²) in [6.07, 6.45) is 5.27. The van der Waals surface area contributed by atoms with Crippen LogP contribution in [0.1, 0.15) is 58.3 Å². The van der Waals surface area contributed by atoms with E-state index >= 15 is 0 Å². The molecule has 0 aromatic carbocycles. The number of rotatable bonds is 9. The Balaban J connectivity index is 1.87. The molecule has 2 rings (SSSR count). The van der Waals surface area contributed by atoms with Gasteiger partial charge in [0, 0.05) is 30.1 Å². The SMILES string of the molecule is CCCNC(CCN(Cc1cccs1)C1CC1)C(C)(C)C. The van der Waals surface area contributed by atoms with Crippen molar-refractivity contribution in [3.8, 4) is 0 Å². The Morgan fingerprint density at radius 1 is 1.38 bits per heavy atom. The minimum atomic E-state index is 0.341. The second kappa shape index (κ2) is 7.75. The summed E-state index contributed by atoms with van der Waals surface area (Å²) in [6.45, 7) is 12.8. The standard InChI is InChI=1S/C18H32N2S/c1-5-11-19-17(18(2,3)4)10-12-20(15-8-9-15)14-16-7-6-13-21-16/h6-7,13,15,17,19H,5,8-12,14H2,1-4H3. The number of thiophene rings is 1. The molecule has 1 aliphatic rings. The van der Waals surface area contributed by atoms with E-state index in [-0.39, 0.29) is 0 Å². The monoisotopic (exact) mass is 308 g/mol. The molecule has 1 heterocycles. The van der Waals surface area contributed by atoms with Gasteiger partial charge in [0.05, 0.1) is 0 Å². The lowest BCUT2D eigenvalue weighted by atomic mass is 9.84. The van der Waals surface area contributed by atoms with Gasteiger partial charge in [-0.25, -0.2) is 0 Å². The third-order valence-electron chi connectivity index (χ3n) is 4.39. The van der Waals surface area contributed by atoms with Crippen molar-refractivity contribution in [3.05, 3.63) is 22.4 Å². The molecule has 0 saturated heterocycles. The van der Waals surface area contributed by atoms with Crippen molar-refractivity contribution in [1.82, 2.24) is 10.2 Å². The van der Waals surface area contributed by atoms with Gasteiger partial charge < -0.3 is 5.32 Å². The Morgan fingerprint density at radius 2 is 2.14 bits per heavy atom. The summed E-state index contributed by atoms with van der Waals surface area (Å²) in [5.41, 5.74) is 0.341. The molecule has 1 saturated carbocycles. The lowest BCUT2D eigenvalue weighted by molar-refractivity contribution is 0.195. The second-order valence-corrected chi connectivity index (χ2v) is 8.47. The molecule has 1 aliphatic carbocycles. The zero-order valence-corrected chi connectivity index (χ0v) is 15.0. The van der Waals surface area contributed by atoms with E-state index in [0.717, 1.165) is 19.1 Å². The smallest absolute Gasteiger partial charge is 0.0330 e. The number of hydrogen-bond acceptors (Lipinski definition) is 3. The molecule has 0 bridgehead atoms. The number of nitrogens with zero attached hydrogens (tertiary/aromatic N) is 1. The van der Waals surface area contributed by atoms with Crippen molar-refractivity contribution in [3.63, 3.8) is 0 Å². The minimum Gasteiger partial charge on any atom is -0.313 e. The van der Waals surface area contributed by atoms with Crippen molar-refractivity contribution >= 4 is 11.3 Å². The largest absolute Gasteiger partial charge is 0.313 e. The van der Waals surface area contributed by atoms with Crippen molar-refractivity contribution in [2.45, 2.75) is 72.0 Å². The third-order valence-corrected chi connectivity index (χ3v) is 5.25. The first-order chi connectivity index (χ1) is 10.0. The number of hydrogen-bond donors (Lipinski definition) is 1. The lowest BCUT2D eigenvalue weighted by Gasteiger charge is -2.34. The second-order valence-electron chi connectivity index (χ2n) is 7.44. The predicted octanol–water partition coefficient (Wildman–Crippen LogP) is 4.52. The van der Waals surface area contributed by atoms with Crippen LogP contribution >= 0.6 is 11.3 Å². The molecule has 0 amide bonds. The van der Waals surface area contributed by atoms with Gasteiger partial charge in [0.15, 0.2) is 0 Å². The molecule has 1 aromatic heterocycles. The zero-order valence-electron chi connectivity index (χ0n) is 14.2. The Kier molecular flexibility index (Phi) is 6.27. The first-order valence-electron chi connectivity index (χ1n) is 8.50. The van der Waals surface area contributed by atoms with Crippen LogP contribution in [0.3, 0.4) is 0 Å². The minimum absolute atomic E-state index is 0.341. The normalized spacial score (nSPS) is 17.4. The summed E-state index contributed by atoms with van der Waals surface area (Å²) in [5.74, 6) is 0. The molecule has 21 heavy (non-hydrogen) atoms. The molecule has 1 unspecified atom stereocenters. The quantitative estimate of drug-likeness (QED) is 0.721. The van der Waals surface area contributed by atoms with E-state index in [4.69, 9.17) is 0 Å². The molecule has 2 nitrogen and oxygen atoms in total. The Labute approximate surface area is 134 Å². The van der Waals surface area contributed by atoms with Crippen LogP contribution in [-0.2, 0) is 6.54 Å². The van der Waals surface area contributed by atoms with E-state index in [2.05, 4.69) is 55.4 Å². The molecule has 0 aliphatic heterocycles. The maximum absolute atomic E-state index is 3.76. The topological polar surface area (TPSA) is 15.3 Å². The van der Waals surface area contributed by atoms with Gasteiger partial charge in [0.25, 0.3) is 0 Å². The average molecular weight is 309 g/mol. The van der Waals surface area contributed by atoms with E-state index in [1.165, 1.54) is 37.1 Å². The summed E-state index contributed by atoms with van der Waals surface area (Å²) in [6, 6.07) is 5.91. The highest BCUT2D eigenvalue weighted by molar-refractivity contribution is 7.09. The summed E-state index contributed by atoms with van der Waals surface area (Å²) < 4.78 is 0. The van der Waals surface area contributed by atoms with Gasteiger partial charge in [0.2, 0.25) is 0 Å². The third kappa shape index (κ3) is 5.72. The zero-order chi connectivity index (χ0) is 15.3. The average Bonchev–Trinajstić information content (AvgIpc) is 3.14. The molecule has 3 heteroatoms. The van der Waals surface area contributed by atoms with Gasteiger partial charge in [-0.15, -0.1) is 11.3 Å². The van der Waals surface area contributed by atoms with E-state index in [9.17, 15) is 0 Å². The van der Waals surface area contributed by atoms with Crippen molar-refractivity contribution in [1.29, 1.82) is 0 Å². The highest BCUT2D eigenvalue weighted by Crippen LogP contribution is 2.30. The maximum atomic E-state index is 3.76. The summed E-state index contributed by atoms with van der Waals surface area (Å²) in [4.78, 5) is 4.22. The molecule has 0 spiro atoms. The molecular weight excluding hydrogens is 276 g/mol. The molecule has 120 valence electrons. The Hall–Kier alpha value is -0.380. The summed E-state index contributed by atoms with van der Waals surface area (Å²) in [7, 11) is 0. The van der Waals surface area contributed by atoms with Crippen LogP contribution in [0.2, 0.25) is 0 Å².